The maximum atomic E-state index is 12.9. The molecule has 2 aliphatic rings. The molecule has 0 amide bonds. The van der Waals surface area contributed by atoms with Crippen LogP contribution in [0, 0.1) is 30.1 Å². The van der Waals surface area contributed by atoms with Gasteiger partial charge < -0.3 is 14.2 Å². The second-order valence-corrected chi connectivity index (χ2v) is 19.8. The number of ether oxygens (including phenoxy) is 3. The summed E-state index contributed by atoms with van der Waals surface area (Å²) >= 11 is 0. The van der Waals surface area contributed by atoms with E-state index < -0.39 is 0 Å². The van der Waals surface area contributed by atoms with Gasteiger partial charge in [0.2, 0.25) is 0 Å². The highest BCUT2D eigenvalue weighted by atomic mass is 16.5. The maximum absolute atomic E-state index is 12.9. The SMILES string of the molecule is CC(C=CC=C(C)C=CC1=C(C)C(OC(=O)CCCCCC(=O)Oc2cc(C)c3c(c2)CCC(C)(CCCC(C)CCCC(C)CCCC(C)C)O3)CCC1(C)C)=CC=O. The molecule has 1 aromatic rings. The molecule has 0 bridgehead atoms. The minimum atomic E-state index is -0.245. The molecule has 334 valence electrons. The molecule has 1 aromatic carbocycles. The van der Waals surface area contributed by atoms with Crippen molar-refractivity contribution in [3.63, 3.8) is 0 Å². The standard InChI is InChI=1S/C54H82O6/c1-39(2)19-15-20-40(3)21-16-22-41(4)25-18-33-54(11)35-30-46-38-47(37-44(7)52(46)60-54)58-50(56)26-13-12-14-27-51(57)59-49-31-34-53(9,10)48(45(49)8)29-28-42(5)23-17-24-43(6)32-36-55/h17,23-24,28-29,32,36-41,49H,12-16,18-22,25-27,30-31,33-35H2,1-11H3. The van der Waals surface area contributed by atoms with Crippen LogP contribution in [-0.4, -0.2) is 29.9 Å². The van der Waals surface area contributed by atoms with Crippen molar-refractivity contribution in [1.29, 1.82) is 0 Å². The molecule has 0 fully saturated rings. The summed E-state index contributed by atoms with van der Waals surface area (Å²) in [5, 5.41) is 0. The lowest BCUT2D eigenvalue weighted by atomic mass is 9.71. The highest BCUT2D eigenvalue weighted by molar-refractivity contribution is 5.73. The second kappa shape index (κ2) is 25.3. The number of allylic oxidation sites excluding steroid dienone is 9. The van der Waals surface area contributed by atoms with Crippen molar-refractivity contribution in [2.24, 2.45) is 23.2 Å². The van der Waals surface area contributed by atoms with Gasteiger partial charge in [-0.25, -0.2) is 0 Å². The third kappa shape index (κ3) is 18.1. The van der Waals surface area contributed by atoms with Crippen LogP contribution in [0.4, 0.5) is 0 Å². The molecule has 6 heteroatoms. The lowest BCUT2D eigenvalue weighted by Gasteiger charge is -2.37. The van der Waals surface area contributed by atoms with E-state index in [2.05, 4.69) is 67.5 Å². The molecule has 1 aliphatic carbocycles. The molecule has 0 aromatic heterocycles. The molecule has 0 saturated heterocycles. The molecule has 0 N–H and O–H groups in total. The minimum Gasteiger partial charge on any atom is -0.487 e. The summed E-state index contributed by atoms with van der Waals surface area (Å²) < 4.78 is 18.5. The fourth-order valence-corrected chi connectivity index (χ4v) is 8.83. The number of hydrogen-bond acceptors (Lipinski definition) is 6. The molecule has 3 rings (SSSR count). The minimum absolute atomic E-state index is 0.0199. The molecular weight excluding hydrogens is 745 g/mol. The van der Waals surface area contributed by atoms with Gasteiger partial charge in [0.25, 0.3) is 0 Å². The van der Waals surface area contributed by atoms with Crippen LogP contribution in [0.1, 0.15) is 190 Å². The van der Waals surface area contributed by atoms with E-state index in [1.54, 1.807) is 0 Å². The Balaban J connectivity index is 1.38. The molecule has 0 spiro atoms. The largest absolute Gasteiger partial charge is 0.487 e. The van der Waals surface area contributed by atoms with Crippen molar-refractivity contribution in [3.8, 4) is 11.5 Å². The first-order valence-electron chi connectivity index (χ1n) is 23.5. The van der Waals surface area contributed by atoms with E-state index in [1.807, 2.05) is 51.1 Å². The summed E-state index contributed by atoms with van der Waals surface area (Å²) in [5.74, 6) is 3.52. The predicted molar refractivity (Wildman–Crippen MR) is 249 cm³/mol. The van der Waals surface area contributed by atoms with E-state index in [0.717, 1.165) is 96.2 Å². The molecule has 1 aliphatic heterocycles. The van der Waals surface area contributed by atoms with E-state index in [0.29, 0.717) is 31.4 Å². The van der Waals surface area contributed by atoms with Gasteiger partial charge in [0.05, 0.1) is 0 Å². The fourth-order valence-electron chi connectivity index (χ4n) is 8.83. The van der Waals surface area contributed by atoms with Crippen LogP contribution in [0.3, 0.4) is 0 Å². The van der Waals surface area contributed by atoms with E-state index in [1.165, 1.54) is 63.0 Å². The van der Waals surface area contributed by atoms with Crippen molar-refractivity contribution in [2.45, 2.75) is 203 Å². The lowest BCUT2D eigenvalue weighted by Crippen LogP contribution is -2.36. The van der Waals surface area contributed by atoms with Crippen molar-refractivity contribution in [2.75, 3.05) is 0 Å². The monoisotopic (exact) mass is 827 g/mol. The van der Waals surface area contributed by atoms with E-state index in [4.69, 9.17) is 14.2 Å². The van der Waals surface area contributed by atoms with E-state index in [9.17, 15) is 14.4 Å². The maximum Gasteiger partial charge on any atom is 0.311 e. The highest BCUT2D eigenvalue weighted by Gasteiger charge is 2.34. The Morgan fingerprint density at radius 2 is 1.43 bits per heavy atom. The quantitative estimate of drug-likeness (QED) is 0.0244. The summed E-state index contributed by atoms with van der Waals surface area (Å²) in [6.45, 7) is 24.3. The number of hydrogen-bond donors (Lipinski definition) is 0. The van der Waals surface area contributed by atoms with Gasteiger partial charge in [-0.15, -0.1) is 0 Å². The number of benzene rings is 1. The Morgan fingerprint density at radius 1 is 0.800 bits per heavy atom. The normalized spacial score (nSPS) is 20.6. The average Bonchev–Trinajstić information content (AvgIpc) is 3.16. The van der Waals surface area contributed by atoms with Gasteiger partial charge in [-0.1, -0.05) is 129 Å². The van der Waals surface area contributed by atoms with E-state index >= 15 is 0 Å². The molecule has 4 atom stereocenters. The summed E-state index contributed by atoms with van der Waals surface area (Å²) in [6, 6.07) is 3.92. The Hall–Kier alpha value is -3.67. The zero-order valence-electron chi connectivity index (χ0n) is 39.7. The summed E-state index contributed by atoms with van der Waals surface area (Å²) in [4.78, 5) is 36.4. The molecule has 60 heavy (non-hydrogen) atoms. The lowest BCUT2D eigenvalue weighted by molar-refractivity contribution is -0.148. The van der Waals surface area contributed by atoms with Crippen molar-refractivity contribution in [3.05, 3.63) is 82.0 Å². The van der Waals surface area contributed by atoms with Crippen LogP contribution >= 0.6 is 0 Å². The molecule has 0 radical (unpaired) electrons. The number of aldehydes is 1. The van der Waals surface area contributed by atoms with Gasteiger partial charge in [0.15, 0.2) is 0 Å². The van der Waals surface area contributed by atoms with Crippen molar-refractivity contribution >= 4 is 18.2 Å². The zero-order chi connectivity index (χ0) is 44.3. The molecule has 1 heterocycles. The summed E-state index contributed by atoms with van der Waals surface area (Å²) in [6.07, 6.45) is 30.2. The van der Waals surface area contributed by atoms with Gasteiger partial charge in [0.1, 0.15) is 29.5 Å². The highest BCUT2D eigenvalue weighted by Crippen LogP contribution is 2.43. The first kappa shape index (κ1) is 50.7. The first-order valence-corrected chi connectivity index (χ1v) is 23.5. The fraction of sp³-hybridized carbons (Fsp3) is 0.648. The van der Waals surface area contributed by atoms with Crippen LogP contribution < -0.4 is 9.47 Å². The molecule has 6 nitrogen and oxygen atoms in total. The van der Waals surface area contributed by atoms with Crippen molar-refractivity contribution in [1.82, 2.24) is 0 Å². The molecule has 0 saturated carbocycles. The second-order valence-electron chi connectivity index (χ2n) is 19.8. The van der Waals surface area contributed by atoms with E-state index in [-0.39, 0.29) is 29.1 Å². The number of fused-ring (bicyclic) bond motifs is 1. The predicted octanol–water partition coefficient (Wildman–Crippen LogP) is 14.6. The van der Waals surface area contributed by atoms with Gasteiger partial charge in [-0.3, -0.25) is 14.4 Å². The molecule has 4 unspecified atom stereocenters. The van der Waals surface area contributed by atoms with Crippen LogP contribution in [0.5, 0.6) is 11.5 Å². The average molecular weight is 827 g/mol. The third-order valence-corrected chi connectivity index (χ3v) is 12.9. The van der Waals surface area contributed by atoms with Crippen LogP contribution in [-0.2, 0) is 25.5 Å². The number of rotatable bonds is 25. The summed E-state index contributed by atoms with van der Waals surface area (Å²) in [7, 11) is 0. The van der Waals surface area contributed by atoms with Crippen LogP contribution in [0.2, 0.25) is 0 Å². The number of esters is 2. The van der Waals surface area contributed by atoms with Gasteiger partial charge in [-0.05, 0) is 155 Å². The number of aryl methyl sites for hydroxylation is 2. The first-order chi connectivity index (χ1) is 28.4. The Morgan fingerprint density at radius 3 is 2.10 bits per heavy atom. The number of carbonyl (C=O) groups excluding carboxylic acids is 3. The number of unbranched alkanes of at least 4 members (excludes halogenated alkanes) is 2. The Bertz CT molecular complexity index is 1700. The van der Waals surface area contributed by atoms with Crippen molar-refractivity contribution < 1.29 is 28.6 Å². The van der Waals surface area contributed by atoms with Crippen LogP contribution in [0.25, 0.3) is 0 Å². The summed E-state index contributed by atoms with van der Waals surface area (Å²) in [5.41, 5.74) is 6.24. The van der Waals surface area contributed by atoms with Gasteiger partial charge in [0, 0.05) is 12.8 Å². The van der Waals surface area contributed by atoms with Crippen LogP contribution in [0.15, 0.2) is 70.9 Å². The Labute approximate surface area is 365 Å². The number of carbonyl (C=O) groups is 3. The Kier molecular flexibility index (Phi) is 21.4. The molecular formula is C54H82O6. The smallest absolute Gasteiger partial charge is 0.311 e. The topological polar surface area (TPSA) is 78.9 Å². The van der Waals surface area contributed by atoms with Gasteiger partial charge >= 0.3 is 11.9 Å². The van der Waals surface area contributed by atoms with Gasteiger partial charge in [-0.2, -0.15) is 0 Å². The third-order valence-electron chi connectivity index (χ3n) is 12.9. The zero-order valence-corrected chi connectivity index (χ0v) is 39.7.